The highest BCUT2D eigenvalue weighted by atomic mass is 35.5. The SMILES string of the molecule is CC(C)OC(=O)C(N)C(=O)C(C)C.Cl. The van der Waals surface area contributed by atoms with Crippen molar-refractivity contribution in [3.63, 3.8) is 0 Å². The van der Waals surface area contributed by atoms with Crippen LogP contribution in [0.2, 0.25) is 0 Å². The van der Waals surface area contributed by atoms with Gasteiger partial charge in [0.25, 0.3) is 0 Å². The van der Waals surface area contributed by atoms with Gasteiger partial charge in [0, 0.05) is 5.92 Å². The molecule has 5 heteroatoms. The summed E-state index contributed by atoms with van der Waals surface area (Å²) in [6.45, 7) is 6.82. The molecule has 14 heavy (non-hydrogen) atoms. The van der Waals surface area contributed by atoms with E-state index in [-0.39, 0.29) is 30.2 Å². The number of nitrogens with two attached hydrogens (primary N) is 1. The molecule has 0 saturated carbocycles. The number of Topliss-reactive ketones (excluding diaryl/α,β-unsaturated/α-hetero) is 1. The molecule has 0 rings (SSSR count). The van der Waals surface area contributed by atoms with Crippen molar-refractivity contribution < 1.29 is 14.3 Å². The summed E-state index contributed by atoms with van der Waals surface area (Å²) in [6.07, 6.45) is -0.237. The molecule has 0 aromatic carbocycles. The molecule has 1 atom stereocenters. The maximum Gasteiger partial charge on any atom is 0.330 e. The van der Waals surface area contributed by atoms with Crippen molar-refractivity contribution in [3.8, 4) is 0 Å². The van der Waals surface area contributed by atoms with Crippen LogP contribution in [0, 0.1) is 5.92 Å². The molecule has 0 amide bonds. The van der Waals surface area contributed by atoms with Crippen molar-refractivity contribution in [1.82, 2.24) is 0 Å². The van der Waals surface area contributed by atoms with Crippen molar-refractivity contribution >= 4 is 24.2 Å². The molecule has 0 radical (unpaired) electrons. The Kier molecular flexibility index (Phi) is 7.68. The first-order valence-electron chi connectivity index (χ1n) is 4.36. The predicted octanol–water partition coefficient (Wildman–Crippen LogP) is 0.912. The van der Waals surface area contributed by atoms with E-state index in [4.69, 9.17) is 10.5 Å². The molecular formula is C9H18ClNO3. The largest absolute Gasteiger partial charge is 0.461 e. The number of carbonyl (C=O) groups excluding carboxylic acids is 2. The first-order valence-corrected chi connectivity index (χ1v) is 4.36. The zero-order valence-corrected chi connectivity index (χ0v) is 9.76. The summed E-state index contributed by atoms with van der Waals surface area (Å²) >= 11 is 0. The average molecular weight is 224 g/mol. The lowest BCUT2D eigenvalue weighted by atomic mass is 10.0. The maximum absolute atomic E-state index is 11.2. The Labute approximate surface area is 90.6 Å². The number of ketones is 1. The van der Waals surface area contributed by atoms with E-state index in [0.29, 0.717) is 0 Å². The van der Waals surface area contributed by atoms with Crippen LogP contribution < -0.4 is 5.73 Å². The Balaban J connectivity index is 0. The second-order valence-electron chi connectivity index (χ2n) is 3.52. The molecule has 2 N–H and O–H groups in total. The number of carbonyl (C=O) groups is 2. The molecule has 0 spiro atoms. The highest BCUT2D eigenvalue weighted by molar-refractivity contribution is 6.03. The first-order chi connectivity index (χ1) is 5.86. The fraction of sp³-hybridized carbons (Fsp3) is 0.778. The molecule has 0 heterocycles. The van der Waals surface area contributed by atoms with Crippen LogP contribution in [0.25, 0.3) is 0 Å². The highest BCUT2D eigenvalue weighted by Gasteiger charge is 2.26. The van der Waals surface area contributed by atoms with Gasteiger partial charge >= 0.3 is 5.97 Å². The number of rotatable bonds is 4. The zero-order valence-electron chi connectivity index (χ0n) is 8.94. The molecule has 0 fully saturated rings. The summed E-state index contributed by atoms with van der Waals surface area (Å²) in [5.41, 5.74) is 5.39. The van der Waals surface area contributed by atoms with Gasteiger partial charge in [-0.05, 0) is 13.8 Å². The van der Waals surface area contributed by atoms with Gasteiger partial charge in [0.1, 0.15) is 0 Å². The van der Waals surface area contributed by atoms with E-state index < -0.39 is 12.0 Å². The van der Waals surface area contributed by atoms with Gasteiger partial charge in [-0.25, -0.2) is 4.79 Å². The van der Waals surface area contributed by atoms with Crippen molar-refractivity contribution in [1.29, 1.82) is 0 Å². The monoisotopic (exact) mass is 223 g/mol. The first kappa shape index (κ1) is 15.8. The topological polar surface area (TPSA) is 69.4 Å². The number of hydrogen-bond acceptors (Lipinski definition) is 4. The molecule has 0 aliphatic carbocycles. The summed E-state index contributed by atoms with van der Waals surface area (Å²) in [5.74, 6) is -1.17. The molecule has 0 aliphatic heterocycles. The lowest BCUT2D eigenvalue weighted by Gasteiger charge is -2.14. The summed E-state index contributed by atoms with van der Waals surface area (Å²) in [6, 6.07) is -1.14. The number of hydrogen-bond donors (Lipinski definition) is 1. The predicted molar refractivity (Wildman–Crippen MR) is 56.3 cm³/mol. The van der Waals surface area contributed by atoms with Crippen molar-refractivity contribution in [2.75, 3.05) is 0 Å². The standard InChI is InChI=1S/C9H17NO3.ClH/c1-5(2)8(11)7(10)9(12)13-6(3)4;/h5-7H,10H2,1-4H3;1H. The van der Waals surface area contributed by atoms with Gasteiger partial charge in [-0.1, -0.05) is 13.8 Å². The summed E-state index contributed by atoms with van der Waals surface area (Å²) in [4.78, 5) is 22.4. The number of esters is 1. The molecule has 4 nitrogen and oxygen atoms in total. The van der Waals surface area contributed by atoms with E-state index in [0.717, 1.165) is 0 Å². The van der Waals surface area contributed by atoms with Gasteiger partial charge in [0.05, 0.1) is 6.10 Å². The Morgan fingerprint density at radius 3 is 1.86 bits per heavy atom. The third kappa shape index (κ3) is 5.19. The van der Waals surface area contributed by atoms with Crippen LogP contribution in [0.5, 0.6) is 0 Å². The third-order valence-corrected chi connectivity index (χ3v) is 1.48. The Morgan fingerprint density at radius 1 is 1.14 bits per heavy atom. The molecule has 0 aromatic heterocycles. The molecule has 0 bridgehead atoms. The van der Waals surface area contributed by atoms with Crippen LogP contribution in [0.15, 0.2) is 0 Å². The number of ether oxygens (including phenoxy) is 1. The summed E-state index contributed by atoms with van der Waals surface area (Å²) in [5, 5.41) is 0. The fourth-order valence-corrected chi connectivity index (χ4v) is 0.781. The number of halogens is 1. The van der Waals surface area contributed by atoms with E-state index in [1.54, 1.807) is 27.7 Å². The van der Waals surface area contributed by atoms with E-state index in [1.165, 1.54) is 0 Å². The van der Waals surface area contributed by atoms with Crippen molar-refractivity contribution in [2.45, 2.75) is 39.8 Å². The highest BCUT2D eigenvalue weighted by Crippen LogP contribution is 2.01. The van der Waals surface area contributed by atoms with Gasteiger partial charge in [-0.15, -0.1) is 12.4 Å². The quantitative estimate of drug-likeness (QED) is 0.568. The van der Waals surface area contributed by atoms with E-state index in [9.17, 15) is 9.59 Å². The molecular weight excluding hydrogens is 206 g/mol. The van der Waals surface area contributed by atoms with Gasteiger partial charge in [-0.3, -0.25) is 4.79 Å². The summed E-state index contributed by atoms with van der Waals surface area (Å²) < 4.78 is 4.80. The molecule has 0 aliphatic rings. The molecule has 84 valence electrons. The third-order valence-electron chi connectivity index (χ3n) is 1.48. The van der Waals surface area contributed by atoms with Crippen molar-refractivity contribution in [2.24, 2.45) is 11.7 Å². The van der Waals surface area contributed by atoms with Gasteiger partial charge in [-0.2, -0.15) is 0 Å². The fourth-order valence-electron chi connectivity index (χ4n) is 0.781. The van der Waals surface area contributed by atoms with E-state index >= 15 is 0 Å². The van der Waals surface area contributed by atoms with E-state index in [2.05, 4.69) is 0 Å². The van der Waals surface area contributed by atoms with Crippen LogP contribution in [-0.2, 0) is 14.3 Å². The van der Waals surface area contributed by atoms with E-state index in [1.807, 2.05) is 0 Å². The van der Waals surface area contributed by atoms with Gasteiger partial charge in [0.15, 0.2) is 11.8 Å². The second-order valence-corrected chi connectivity index (χ2v) is 3.52. The Morgan fingerprint density at radius 2 is 1.57 bits per heavy atom. The van der Waals surface area contributed by atoms with Crippen LogP contribution in [0.3, 0.4) is 0 Å². The minimum atomic E-state index is -1.14. The molecule has 1 unspecified atom stereocenters. The smallest absolute Gasteiger partial charge is 0.330 e. The second kappa shape index (κ2) is 6.79. The molecule has 0 saturated heterocycles. The average Bonchev–Trinajstić information content (AvgIpc) is 2.00. The van der Waals surface area contributed by atoms with Gasteiger partial charge in [0.2, 0.25) is 0 Å². The van der Waals surface area contributed by atoms with Crippen LogP contribution >= 0.6 is 12.4 Å². The Bertz CT molecular complexity index is 204. The zero-order chi connectivity index (χ0) is 10.6. The minimum Gasteiger partial charge on any atom is -0.461 e. The lowest BCUT2D eigenvalue weighted by molar-refractivity contribution is -0.151. The summed E-state index contributed by atoms with van der Waals surface area (Å²) in [7, 11) is 0. The van der Waals surface area contributed by atoms with Crippen molar-refractivity contribution in [3.05, 3.63) is 0 Å². The van der Waals surface area contributed by atoms with Crippen LogP contribution in [0.4, 0.5) is 0 Å². The van der Waals surface area contributed by atoms with Crippen LogP contribution in [0.1, 0.15) is 27.7 Å². The van der Waals surface area contributed by atoms with Gasteiger partial charge < -0.3 is 10.5 Å². The lowest BCUT2D eigenvalue weighted by Crippen LogP contribution is -2.42. The Hall–Kier alpha value is -0.610. The maximum atomic E-state index is 11.2. The minimum absolute atomic E-state index is 0. The molecule has 0 aromatic rings. The van der Waals surface area contributed by atoms with Crippen LogP contribution in [-0.4, -0.2) is 23.9 Å². The normalized spacial score (nSPS) is 12.2.